The molecule has 0 heterocycles. The van der Waals surface area contributed by atoms with Gasteiger partial charge in [0.2, 0.25) is 0 Å². The molecule has 0 unspecified atom stereocenters. The van der Waals surface area contributed by atoms with Crippen LogP contribution in [0.3, 0.4) is 0 Å². The van der Waals surface area contributed by atoms with Crippen molar-refractivity contribution >= 4 is 0 Å². The molecule has 2 rings (SSSR count). The summed E-state index contributed by atoms with van der Waals surface area (Å²) in [5.41, 5.74) is 4.21. The molecule has 76 valence electrons. The number of hydrogen-bond donors (Lipinski definition) is 1. The highest BCUT2D eigenvalue weighted by Crippen LogP contribution is 2.27. The van der Waals surface area contributed by atoms with E-state index in [-0.39, 0.29) is 0 Å². The highest BCUT2D eigenvalue weighted by Gasteiger charge is 2.20. The zero-order valence-electron chi connectivity index (χ0n) is 9.14. The molecular formula is C13H19N. The van der Waals surface area contributed by atoms with Crippen LogP contribution in [-0.2, 0) is 6.54 Å². The average Bonchev–Trinajstić information content (AvgIpc) is 2.92. The van der Waals surface area contributed by atoms with Crippen LogP contribution in [0.5, 0.6) is 0 Å². The molecule has 1 saturated carbocycles. The smallest absolute Gasteiger partial charge is 0.0208 e. The predicted octanol–water partition coefficient (Wildman–Crippen LogP) is 2.80. The lowest BCUT2D eigenvalue weighted by Gasteiger charge is -2.07. The number of benzene rings is 1. The Morgan fingerprint density at radius 3 is 2.71 bits per heavy atom. The average molecular weight is 189 g/mol. The van der Waals surface area contributed by atoms with E-state index in [2.05, 4.69) is 37.4 Å². The molecule has 1 aliphatic carbocycles. The third-order valence-corrected chi connectivity index (χ3v) is 2.94. The van der Waals surface area contributed by atoms with Crippen molar-refractivity contribution < 1.29 is 0 Å². The van der Waals surface area contributed by atoms with Gasteiger partial charge < -0.3 is 5.32 Å². The second-order valence-electron chi connectivity index (χ2n) is 4.50. The third-order valence-electron chi connectivity index (χ3n) is 2.94. The molecule has 0 saturated heterocycles. The maximum atomic E-state index is 3.52. The monoisotopic (exact) mass is 189 g/mol. The summed E-state index contributed by atoms with van der Waals surface area (Å²) in [4.78, 5) is 0. The minimum absolute atomic E-state index is 0.973. The molecule has 14 heavy (non-hydrogen) atoms. The number of aryl methyl sites for hydroxylation is 2. The summed E-state index contributed by atoms with van der Waals surface area (Å²) < 4.78 is 0. The largest absolute Gasteiger partial charge is 0.312 e. The highest BCUT2D eigenvalue weighted by atomic mass is 14.9. The van der Waals surface area contributed by atoms with Gasteiger partial charge in [-0.25, -0.2) is 0 Å². The Labute approximate surface area is 86.5 Å². The summed E-state index contributed by atoms with van der Waals surface area (Å²) in [6.07, 6.45) is 2.86. The van der Waals surface area contributed by atoms with Crippen molar-refractivity contribution in [3.05, 3.63) is 34.9 Å². The minimum Gasteiger partial charge on any atom is -0.312 e. The minimum atomic E-state index is 0.973. The second-order valence-corrected chi connectivity index (χ2v) is 4.50. The topological polar surface area (TPSA) is 12.0 Å². The van der Waals surface area contributed by atoms with Crippen LogP contribution in [-0.4, -0.2) is 6.54 Å². The van der Waals surface area contributed by atoms with Gasteiger partial charge in [0.15, 0.2) is 0 Å². The molecule has 0 aliphatic heterocycles. The molecule has 1 aromatic carbocycles. The quantitative estimate of drug-likeness (QED) is 0.768. The van der Waals surface area contributed by atoms with E-state index in [9.17, 15) is 0 Å². The Morgan fingerprint density at radius 1 is 1.29 bits per heavy atom. The second kappa shape index (κ2) is 4.14. The van der Waals surface area contributed by atoms with Crippen LogP contribution in [0, 0.1) is 19.8 Å². The van der Waals surface area contributed by atoms with Gasteiger partial charge in [-0.15, -0.1) is 0 Å². The maximum absolute atomic E-state index is 3.52. The van der Waals surface area contributed by atoms with Crippen LogP contribution in [0.25, 0.3) is 0 Å². The van der Waals surface area contributed by atoms with Crippen LogP contribution in [0.4, 0.5) is 0 Å². The van der Waals surface area contributed by atoms with Gasteiger partial charge in [-0.05, 0) is 50.3 Å². The lowest BCUT2D eigenvalue weighted by molar-refractivity contribution is 0.637. The fourth-order valence-electron chi connectivity index (χ4n) is 1.78. The maximum Gasteiger partial charge on any atom is 0.0208 e. The predicted molar refractivity (Wildman–Crippen MR) is 60.3 cm³/mol. The van der Waals surface area contributed by atoms with E-state index in [1.807, 2.05) is 0 Å². The van der Waals surface area contributed by atoms with E-state index < -0.39 is 0 Å². The third kappa shape index (κ3) is 2.58. The van der Waals surface area contributed by atoms with Gasteiger partial charge in [-0.2, -0.15) is 0 Å². The highest BCUT2D eigenvalue weighted by molar-refractivity contribution is 5.30. The number of rotatable bonds is 4. The SMILES string of the molecule is Cc1ccc(CNCC2CC2)c(C)c1. The molecule has 0 bridgehead atoms. The molecule has 1 nitrogen and oxygen atoms in total. The molecule has 0 atom stereocenters. The standard InChI is InChI=1S/C13H19N/c1-10-3-6-13(11(2)7-10)9-14-8-12-4-5-12/h3,6-7,12,14H,4-5,8-9H2,1-2H3. The van der Waals surface area contributed by atoms with Crippen LogP contribution < -0.4 is 5.32 Å². The van der Waals surface area contributed by atoms with E-state index in [0.29, 0.717) is 0 Å². The zero-order valence-corrected chi connectivity index (χ0v) is 9.14. The van der Waals surface area contributed by atoms with Gasteiger partial charge in [0.25, 0.3) is 0 Å². The normalized spacial score (nSPS) is 15.9. The van der Waals surface area contributed by atoms with E-state index in [4.69, 9.17) is 0 Å². The molecule has 0 radical (unpaired) electrons. The lowest BCUT2D eigenvalue weighted by atomic mass is 10.1. The van der Waals surface area contributed by atoms with Crippen LogP contribution in [0.2, 0.25) is 0 Å². The van der Waals surface area contributed by atoms with E-state index in [1.54, 1.807) is 0 Å². The van der Waals surface area contributed by atoms with Crippen molar-refractivity contribution in [1.29, 1.82) is 0 Å². The van der Waals surface area contributed by atoms with E-state index in [1.165, 1.54) is 36.1 Å². The Kier molecular flexibility index (Phi) is 2.87. The molecule has 1 fully saturated rings. The summed E-state index contributed by atoms with van der Waals surface area (Å²) in [5.74, 6) is 0.973. The van der Waals surface area contributed by atoms with E-state index in [0.717, 1.165) is 12.5 Å². The van der Waals surface area contributed by atoms with Crippen molar-refractivity contribution in [2.75, 3.05) is 6.54 Å². The Morgan fingerprint density at radius 2 is 2.07 bits per heavy atom. The van der Waals surface area contributed by atoms with Gasteiger partial charge >= 0.3 is 0 Å². The first-order chi connectivity index (χ1) is 6.75. The summed E-state index contributed by atoms with van der Waals surface area (Å²) in [6, 6.07) is 6.69. The summed E-state index contributed by atoms with van der Waals surface area (Å²) in [5, 5.41) is 3.52. The molecular weight excluding hydrogens is 170 g/mol. The van der Waals surface area contributed by atoms with Crippen LogP contribution in [0.15, 0.2) is 18.2 Å². The molecule has 1 heteroatoms. The Hall–Kier alpha value is -0.820. The van der Waals surface area contributed by atoms with Gasteiger partial charge in [-0.1, -0.05) is 23.8 Å². The first kappa shape index (κ1) is 9.72. The van der Waals surface area contributed by atoms with Crippen molar-refractivity contribution in [2.24, 2.45) is 5.92 Å². The Balaban J connectivity index is 1.87. The van der Waals surface area contributed by atoms with Crippen molar-refractivity contribution in [3.8, 4) is 0 Å². The fraction of sp³-hybridized carbons (Fsp3) is 0.538. The molecule has 0 aromatic heterocycles. The fourth-order valence-corrected chi connectivity index (χ4v) is 1.78. The lowest BCUT2D eigenvalue weighted by Crippen LogP contribution is -2.16. The van der Waals surface area contributed by atoms with Crippen molar-refractivity contribution in [3.63, 3.8) is 0 Å². The van der Waals surface area contributed by atoms with Gasteiger partial charge in [0.05, 0.1) is 0 Å². The number of nitrogens with one attached hydrogen (secondary N) is 1. The van der Waals surface area contributed by atoms with Crippen molar-refractivity contribution in [2.45, 2.75) is 33.2 Å². The van der Waals surface area contributed by atoms with Crippen LogP contribution in [0.1, 0.15) is 29.5 Å². The summed E-state index contributed by atoms with van der Waals surface area (Å²) in [7, 11) is 0. The molecule has 0 spiro atoms. The van der Waals surface area contributed by atoms with Gasteiger partial charge in [-0.3, -0.25) is 0 Å². The van der Waals surface area contributed by atoms with Crippen LogP contribution >= 0.6 is 0 Å². The summed E-state index contributed by atoms with van der Waals surface area (Å²) >= 11 is 0. The molecule has 1 aromatic rings. The molecule has 1 aliphatic rings. The molecule has 0 amide bonds. The summed E-state index contributed by atoms with van der Waals surface area (Å²) in [6.45, 7) is 6.57. The van der Waals surface area contributed by atoms with Gasteiger partial charge in [0.1, 0.15) is 0 Å². The Bertz CT molecular complexity index is 313. The van der Waals surface area contributed by atoms with E-state index >= 15 is 0 Å². The number of hydrogen-bond acceptors (Lipinski definition) is 1. The molecule has 1 N–H and O–H groups in total. The van der Waals surface area contributed by atoms with Gasteiger partial charge in [0, 0.05) is 6.54 Å². The van der Waals surface area contributed by atoms with Crippen molar-refractivity contribution in [1.82, 2.24) is 5.32 Å². The first-order valence-electron chi connectivity index (χ1n) is 5.52. The first-order valence-corrected chi connectivity index (χ1v) is 5.52. The zero-order chi connectivity index (χ0) is 9.97.